The monoisotopic (exact) mass is 301 g/mol. The molecule has 2 N–H and O–H groups in total. The molecule has 4 nitrogen and oxygen atoms in total. The van der Waals surface area contributed by atoms with Crippen molar-refractivity contribution in [3.63, 3.8) is 0 Å². The Balaban J connectivity index is 1.83. The zero-order valence-electron chi connectivity index (χ0n) is 13.9. The zero-order valence-corrected chi connectivity index (χ0v) is 13.9. The highest BCUT2D eigenvalue weighted by atomic mass is 16.1. The highest BCUT2D eigenvalue weighted by Gasteiger charge is 2.36. The first kappa shape index (κ1) is 15.3. The fourth-order valence-electron chi connectivity index (χ4n) is 3.83. The molecule has 0 bridgehead atoms. The second-order valence-electron chi connectivity index (χ2n) is 7.37. The maximum absolute atomic E-state index is 11.3. The lowest BCUT2D eigenvalue weighted by molar-refractivity contribution is -0.114. The summed E-state index contributed by atoms with van der Waals surface area (Å²) >= 11 is 0. The summed E-state index contributed by atoms with van der Waals surface area (Å²) in [5, 5.41) is 6.35. The first-order chi connectivity index (χ1) is 10.5. The fraction of sp³-hybridized carbons (Fsp3) is 0.611. The molecule has 120 valence electrons. The SMILES string of the molecule is CC(=O)Nc1ccc2c(c1)N(CC1CCNCC1)CC2(C)C. The van der Waals surface area contributed by atoms with E-state index >= 15 is 0 Å². The molecule has 0 saturated carbocycles. The minimum Gasteiger partial charge on any atom is -0.370 e. The van der Waals surface area contributed by atoms with Crippen LogP contribution in [0.1, 0.15) is 39.2 Å². The standard InChI is InChI=1S/C18H27N3O/c1-13(22)20-15-4-5-16-17(10-15)21(12-18(16,2)3)11-14-6-8-19-9-7-14/h4-5,10,14,19H,6-9,11-12H2,1-3H3,(H,20,22). The van der Waals surface area contributed by atoms with Crippen LogP contribution in [-0.2, 0) is 10.2 Å². The van der Waals surface area contributed by atoms with Crippen LogP contribution >= 0.6 is 0 Å². The van der Waals surface area contributed by atoms with Gasteiger partial charge in [0.05, 0.1) is 0 Å². The van der Waals surface area contributed by atoms with E-state index in [2.05, 4.69) is 41.5 Å². The number of fused-ring (bicyclic) bond motifs is 1. The number of nitrogens with zero attached hydrogens (tertiary/aromatic N) is 1. The van der Waals surface area contributed by atoms with Gasteiger partial charge in [-0.15, -0.1) is 0 Å². The maximum atomic E-state index is 11.3. The summed E-state index contributed by atoms with van der Waals surface area (Å²) in [6.45, 7) is 10.7. The Kier molecular flexibility index (Phi) is 4.13. The number of anilines is 2. The average Bonchev–Trinajstić information content (AvgIpc) is 2.70. The molecular weight excluding hydrogens is 274 g/mol. The molecule has 3 rings (SSSR count). The normalized spacial score (nSPS) is 20.8. The molecule has 0 spiro atoms. The van der Waals surface area contributed by atoms with E-state index in [0.29, 0.717) is 0 Å². The van der Waals surface area contributed by atoms with Crippen LogP contribution in [0.5, 0.6) is 0 Å². The summed E-state index contributed by atoms with van der Waals surface area (Å²) < 4.78 is 0. The molecule has 0 aromatic heterocycles. The highest BCUT2D eigenvalue weighted by molar-refractivity contribution is 5.89. The summed E-state index contributed by atoms with van der Waals surface area (Å²) in [4.78, 5) is 13.8. The van der Waals surface area contributed by atoms with Crippen molar-refractivity contribution in [3.8, 4) is 0 Å². The Bertz CT molecular complexity index is 561. The van der Waals surface area contributed by atoms with Gasteiger partial charge in [0.2, 0.25) is 5.91 Å². The van der Waals surface area contributed by atoms with Crippen molar-refractivity contribution >= 4 is 17.3 Å². The van der Waals surface area contributed by atoms with Gasteiger partial charge in [-0.1, -0.05) is 19.9 Å². The molecule has 1 amide bonds. The smallest absolute Gasteiger partial charge is 0.221 e. The highest BCUT2D eigenvalue weighted by Crippen LogP contribution is 2.42. The maximum Gasteiger partial charge on any atom is 0.221 e. The van der Waals surface area contributed by atoms with E-state index in [4.69, 9.17) is 0 Å². The van der Waals surface area contributed by atoms with Crippen molar-refractivity contribution in [3.05, 3.63) is 23.8 Å². The van der Waals surface area contributed by atoms with Crippen LogP contribution in [0.2, 0.25) is 0 Å². The lowest BCUT2D eigenvalue weighted by atomic mass is 9.87. The third-order valence-electron chi connectivity index (χ3n) is 4.91. The second-order valence-corrected chi connectivity index (χ2v) is 7.37. The predicted octanol–water partition coefficient (Wildman–Crippen LogP) is 2.74. The van der Waals surface area contributed by atoms with Crippen molar-refractivity contribution in [1.29, 1.82) is 0 Å². The molecule has 4 heteroatoms. The topological polar surface area (TPSA) is 44.4 Å². The van der Waals surface area contributed by atoms with Crippen LogP contribution in [0, 0.1) is 5.92 Å². The Morgan fingerprint density at radius 1 is 1.36 bits per heavy atom. The fourth-order valence-corrected chi connectivity index (χ4v) is 3.83. The van der Waals surface area contributed by atoms with Gasteiger partial charge in [-0.25, -0.2) is 0 Å². The van der Waals surface area contributed by atoms with Gasteiger partial charge in [0, 0.05) is 36.8 Å². The number of piperidine rings is 1. The number of nitrogens with one attached hydrogen (secondary N) is 2. The summed E-state index contributed by atoms with van der Waals surface area (Å²) in [6, 6.07) is 6.35. The van der Waals surface area contributed by atoms with Gasteiger partial charge < -0.3 is 15.5 Å². The zero-order chi connectivity index (χ0) is 15.7. The number of benzene rings is 1. The van der Waals surface area contributed by atoms with E-state index in [1.807, 2.05) is 6.07 Å². The molecule has 1 fully saturated rings. The largest absolute Gasteiger partial charge is 0.370 e. The van der Waals surface area contributed by atoms with Crippen LogP contribution in [0.15, 0.2) is 18.2 Å². The number of carbonyl (C=O) groups is 1. The summed E-state index contributed by atoms with van der Waals surface area (Å²) in [5.74, 6) is 0.759. The van der Waals surface area contributed by atoms with E-state index < -0.39 is 0 Å². The predicted molar refractivity (Wildman–Crippen MR) is 91.6 cm³/mol. The van der Waals surface area contributed by atoms with Gasteiger partial charge in [-0.2, -0.15) is 0 Å². The van der Waals surface area contributed by atoms with Crippen molar-refractivity contribution in [1.82, 2.24) is 5.32 Å². The van der Waals surface area contributed by atoms with Crippen molar-refractivity contribution in [2.75, 3.05) is 36.4 Å². The quantitative estimate of drug-likeness (QED) is 0.902. The Labute approximate surface area is 133 Å². The lowest BCUT2D eigenvalue weighted by Crippen LogP contribution is -2.37. The summed E-state index contributed by atoms with van der Waals surface area (Å²) in [7, 11) is 0. The van der Waals surface area contributed by atoms with E-state index in [1.165, 1.54) is 24.1 Å². The van der Waals surface area contributed by atoms with Crippen LogP contribution in [0.25, 0.3) is 0 Å². The molecule has 1 aromatic carbocycles. The summed E-state index contributed by atoms with van der Waals surface area (Å²) in [5.41, 5.74) is 3.78. The first-order valence-electron chi connectivity index (χ1n) is 8.33. The van der Waals surface area contributed by atoms with E-state index in [1.54, 1.807) is 6.92 Å². The molecule has 2 aliphatic rings. The number of rotatable bonds is 3. The van der Waals surface area contributed by atoms with E-state index in [9.17, 15) is 4.79 Å². The average molecular weight is 301 g/mol. The molecule has 2 aliphatic heterocycles. The molecule has 1 saturated heterocycles. The van der Waals surface area contributed by atoms with E-state index in [0.717, 1.165) is 37.8 Å². The molecule has 0 radical (unpaired) electrons. The number of amides is 1. The van der Waals surface area contributed by atoms with Crippen molar-refractivity contribution < 1.29 is 4.79 Å². The van der Waals surface area contributed by atoms with Crippen molar-refractivity contribution in [2.45, 2.75) is 39.0 Å². The molecule has 2 heterocycles. The Hall–Kier alpha value is -1.55. The van der Waals surface area contributed by atoms with E-state index in [-0.39, 0.29) is 11.3 Å². The van der Waals surface area contributed by atoms with Crippen molar-refractivity contribution in [2.24, 2.45) is 5.92 Å². The Morgan fingerprint density at radius 2 is 2.09 bits per heavy atom. The molecule has 1 aromatic rings. The number of carbonyl (C=O) groups excluding carboxylic acids is 1. The summed E-state index contributed by atoms with van der Waals surface area (Å²) in [6.07, 6.45) is 2.52. The second kappa shape index (κ2) is 5.92. The van der Waals surface area contributed by atoms with Crippen LogP contribution in [0.4, 0.5) is 11.4 Å². The minimum absolute atomic E-state index is 0.0119. The van der Waals surface area contributed by atoms with Crippen LogP contribution in [0.3, 0.4) is 0 Å². The van der Waals surface area contributed by atoms with Crippen LogP contribution in [-0.4, -0.2) is 32.1 Å². The number of hydrogen-bond acceptors (Lipinski definition) is 3. The molecule has 0 aliphatic carbocycles. The van der Waals surface area contributed by atoms with Gasteiger partial charge in [0.15, 0.2) is 0 Å². The Morgan fingerprint density at radius 3 is 2.77 bits per heavy atom. The van der Waals surface area contributed by atoms with Gasteiger partial charge in [0.1, 0.15) is 0 Å². The van der Waals surface area contributed by atoms with Gasteiger partial charge in [-0.05, 0) is 49.5 Å². The minimum atomic E-state index is -0.0119. The van der Waals surface area contributed by atoms with Gasteiger partial charge >= 0.3 is 0 Å². The third kappa shape index (κ3) is 3.12. The van der Waals surface area contributed by atoms with Crippen LogP contribution < -0.4 is 15.5 Å². The molecule has 0 atom stereocenters. The lowest BCUT2D eigenvalue weighted by Gasteiger charge is -2.30. The molecule has 0 unspecified atom stereocenters. The number of hydrogen-bond donors (Lipinski definition) is 2. The van der Waals surface area contributed by atoms with Gasteiger partial charge in [-0.3, -0.25) is 4.79 Å². The first-order valence-corrected chi connectivity index (χ1v) is 8.33. The van der Waals surface area contributed by atoms with Gasteiger partial charge in [0.25, 0.3) is 0 Å². The third-order valence-corrected chi connectivity index (χ3v) is 4.91. The molecular formula is C18H27N3O. The molecule has 22 heavy (non-hydrogen) atoms.